The lowest BCUT2D eigenvalue weighted by Crippen LogP contribution is -2.45. The minimum Gasteiger partial charge on any atom is -0.299 e. The molecule has 0 bridgehead atoms. The van der Waals surface area contributed by atoms with Gasteiger partial charge in [0.25, 0.3) is 0 Å². The van der Waals surface area contributed by atoms with Gasteiger partial charge in [0.1, 0.15) is 0 Å². The highest BCUT2D eigenvalue weighted by atomic mass is 15.3. The molecule has 2 fully saturated rings. The first-order chi connectivity index (χ1) is 11.3. The molecule has 5 nitrogen and oxygen atoms in total. The van der Waals surface area contributed by atoms with E-state index in [4.69, 9.17) is 0 Å². The molecule has 0 N–H and O–H groups in total. The average molecular weight is 311 g/mol. The molecule has 0 amide bonds. The van der Waals surface area contributed by atoms with Gasteiger partial charge in [-0.05, 0) is 50.0 Å². The summed E-state index contributed by atoms with van der Waals surface area (Å²) < 4.78 is 2.08. The van der Waals surface area contributed by atoms with Gasteiger partial charge in [-0.25, -0.2) is 0 Å². The number of piperidine rings is 1. The lowest BCUT2D eigenvalue weighted by Gasteiger charge is -2.37. The van der Waals surface area contributed by atoms with Crippen LogP contribution in [-0.2, 0) is 13.1 Å². The topological polar surface area (TPSA) is 37.2 Å². The van der Waals surface area contributed by atoms with Crippen molar-refractivity contribution in [3.05, 3.63) is 48.5 Å². The molecule has 4 heterocycles. The Morgan fingerprint density at radius 3 is 3.00 bits per heavy atom. The zero-order chi connectivity index (χ0) is 15.6. The van der Waals surface area contributed by atoms with Crippen molar-refractivity contribution in [1.29, 1.82) is 0 Å². The van der Waals surface area contributed by atoms with Crippen molar-refractivity contribution >= 4 is 0 Å². The van der Waals surface area contributed by atoms with E-state index in [1.165, 1.54) is 31.5 Å². The second-order valence-corrected chi connectivity index (χ2v) is 7.00. The van der Waals surface area contributed by atoms with E-state index in [0.29, 0.717) is 6.04 Å². The average Bonchev–Trinajstić information content (AvgIpc) is 3.18. The second kappa shape index (κ2) is 6.42. The lowest BCUT2D eigenvalue weighted by atomic mass is 9.92. The number of likely N-dealkylation sites (tertiary alicyclic amines) is 2. The third-order valence-corrected chi connectivity index (χ3v) is 5.54. The number of nitrogens with zero attached hydrogens (tertiary/aromatic N) is 5. The van der Waals surface area contributed by atoms with Crippen LogP contribution in [0.3, 0.4) is 0 Å². The normalized spacial score (nSPS) is 28.8. The molecule has 0 saturated carbocycles. The van der Waals surface area contributed by atoms with Crippen molar-refractivity contribution in [2.45, 2.75) is 38.0 Å². The molecule has 2 aromatic rings. The summed E-state index contributed by atoms with van der Waals surface area (Å²) in [6, 6.07) is 7.58. The van der Waals surface area contributed by atoms with Crippen molar-refractivity contribution in [2.75, 3.05) is 20.1 Å². The van der Waals surface area contributed by atoms with Crippen LogP contribution in [0.25, 0.3) is 0 Å². The Bertz CT molecular complexity index is 612. The molecular weight excluding hydrogens is 286 g/mol. The summed E-state index contributed by atoms with van der Waals surface area (Å²) in [6.07, 6.45) is 10.3. The summed E-state index contributed by atoms with van der Waals surface area (Å²) in [4.78, 5) is 9.44. The molecule has 5 heteroatoms. The fourth-order valence-electron chi connectivity index (χ4n) is 4.37. The predicted octanol–water partition coefficient (Wildman–Crippen LogP) is 1.87. The Balaban J connectivity index is 1.38. The molecule has 0 aromatic carbocycles. The van der Waals surface area contributed by atoms with Gasteiger partial charge in [0.15, 0.2) is 0 Å². The van der Waals surface area contributed by atoms with Crippen LogP contribution in [0.15, 0.2) is 43.0 Å². The quantitative estimate of drug-likeness (QED) is 0.864. The Hall–Kier alpha value is -1.72. The fourth-order valence-corrected chi connectivity index (χ4v) is 4.37. The first kappa shape index (κ1) is 14.8. The van der Waals surface area contributed by atoms with Crippen LogP contribution in [0.2, 0.25) is 0 Å². The molecule has 122 valence electrons. The number of hydrogen-bond donors (Lipinski definition) is 0. The Morgan fingerprint density at radius 1 is 1.26 bits per heavy atom. The Kier molecular flexibility index (Phi) is 4.14. The van der Waals surface area contributed by atoms with E-state index < -0.39 is 0 Å². The van der Waals surface area contributed by atoms with Gasteiger partial charge < -0.3 is 0 Å². The molecule has 4 rings (SSSR count). The zero-order valence-corrected chi connectivity index (χ0v) is 13.8. The summed E-state index contributed by atoms with van der Waals surface area (Å²) in [7, 11) is 2.30. The van der Waals surface area contributed by atoms with E-state index >= 15 is 0 Å². The smallest absolute Gasteiger partial charge is 0.0565 e. The summed E-state index contributed by atoms with van der Waals surface area (Å²) in [6.45, 7) is 4.44. The van der Waals surface area contributed by atoms with Crippen molar-refractivity contribution < 1.29 is 0 Å². The second-order valence-electron chi connectivity index (χ2n) is 7.00. The van der Waals surface area contributed by atoms with Crippen LogP contribution < -0.4 is 0 Å². The van der Waals surface area contributed by atoms with Gasteiger partial charge >= 0.3 is 0 Å². The highest BCUT2D eigenvalue weighted by molar-refractivity contribution is 5.09. The van der Waals surface area contributed by atoms with E-state index in [9.17, 15) is 0 Å². The highest BCUT2D eigenvalue weighted by Crippen LogP contribution is 2.35. The lowest BCUT2D eigenvalue weighted by molar-refractivity contribution is 0.109. The first-order valence-electron chi connectivity index (χ1n) is 8.60. The van der Waals surface area contributed by atoms with E-state index in [1.54, 1.807) is 0 Å². The SMILES string of the molecule is CN1C(Cn2cccn2)C[C@H]2CN(Cc3cccnc3)CC[C@H]21. The third-order valence-electron chi connectivity index (χ3n) is 5.54. The summed E-state index contributed by atoms with van der Waals surface area (Å²) in [5.74, 6) is 0.783. The van der Waals surface area contributed by atoms with E-state index in [0.717, 1.165) is 25.0 Å². The number of pyridine rings is 1. The maximum Gasteiger partial charge on any atom is 0.0565 e. The Labute approximate surface area is 137 Å². The van der Waals surface area contributed by atoms with Gasteiger partial charge in [-0.2, -0.15) is 5.10 Å². The molecule has 0 radical (unpaired) electrons. The Morgan fingerprint density at radius 2 is 2.22 bits per heavy atom. The summed E-state index contributed by atoms with van der Waals surface area (Å²) >= 11 is 0. The number of likely N-dealkylation sites (N-methyl/N-ethyl adjacent to an activating group) is 1. The predicted molar refractivity (Wildman–Crippen MR) is 89.8 cm³/mol. The summed E-state index contributed by atoms with van der Waals surface area (Å²) in [5, 5.41) is 4.37. The molecule has 0 spiro atoms. The van der Waals surface area contributed by atoms with Crippen molar-refractivity contribution in [2.24, 2.45) is 5.92 Å². The van der Waals surface area contributed by atoms with E-state index in [1.807, 2.05) is 30.7 Å². The number of rotatable bonds is 4. The molecule has 3 atom stereocenters. The monoisotopic (exact) mass is 311 g/mol. The van der Waals surface area contributed by atoms with Gasteiger partial charge in [0.05, 0.1) is 6.54 Å². The molecular formula is C18H25N5. The van der Waals surface area contributed by atoms with Gasteiger partial charge in [0, 0.05) is 50.0 Å². The third kappa shape index (κ3) is 3.16. The minimum absolute atomic E-state index is 0.614. The van der Waals surface area contributed by atoms with Crippen LogP contribution >= 0.6 is 0 Å². The van der Waals surface area contributed by atoms with Crippen LogP contribution in [0.4, 0.5) is 0 Å². The molecule has 2 aliphatic heterocycles. The van der Waals surface area contributed by atoms with Gasteiger partial charge in [-0.15, -0.1) is 0 Å². The summed E-state index contributed by atoms with van der Waals surface area (Å²) in [5.41, 5.74) is 1.32. The largest absolute Gasteiger partial charge is 0.299 e. The molecule has 2 aromatic heterocycles. The molecule has 0 aliphatic carbocycles. The van der Waals surface area contributed by atoms with Gasteiger partial charge in [0.2, 0.25) is 0 Å². The maximum atomic E-state index is 4.37. The van der Waals surface area contributed by atoms with Gasteiger partial charge in [-0.1, -0.05) is 6.07 Å². The van der Waals surface area contributed by atoms with Crippen LogP contribution in [0.1, 0.15) is 18.4 Å². The zero-order valence-electron chi connectivity index (χ0n) is 13.8. The number of fused-ring (bicyclic) bond motifs is 1. The molecule has 23 heavy (non-hydrogen) atoms. The molecule has 2 aliphatic rings. The minimum atomic E-state index is 0.614. The van der Waals surface area contributed by atoms with Crippen molar-refractivity contribution in [3.63, 3.8) is 0 Å². The van der Waals surface area contributed by atoms with E-state index in [-0.39, 0.29) is 0 Å². The first-order valence-corrected chi connectivity index (χ1v) is 8.60. The number of hydrogen-bond acceptors (Lipinski definition) is 4. The molecule has 2 saturated heterocycles. The highest BCUT2D eigenvalue weighted by Gasteiger charge is 2.41. The van der Waals surface area contributed by atoms with E-state index in [2.05, 4.69) is 43.9 Å². The maximum absolute atomic E-state index is 4.37. The number of aromatic nitrogens is 3. The van der Waals surface area contributed by atoms with Crippen molar-refractivity contribution in [3.8, 4) is 0 Å². The fraction of sp³-hybridized carbons (Fsp3) is 0.556. The van der Waals surface area contributed by atoms with Crippen LogP contribution in [0, 0.1) is 5.92 Å². The molecule has 1 unspecified atom stereocenters. The van der Waals surface area contributed by atoms with Gasteiger partial charge in [-0.3, -0.25) is 19.5 Å². The van der Waals surface area contributed by atoms with Crippen LogP contribution in [0.5, 0.6) is 0 Å². The van der Waals surface area contributed by atoms with Crippen LogP contribution in [-0.4, -0.2) is 56.8 Å². The standard InChI is InChI=1S/C18H25N5/c1-21-17(14-23-8-3-7-20-23)10-16-13-22(9-5-18(16)21)12-15-4-2-6-19-11-15/h2-4,6-8,11,16-18H,5,9-10,12-14H2,1H3/t16-,17?,18+/m0/s1. The van der Waals surface area contributed by atoms with Crippen molar-refractivity contribution in [1.82, 2.24) is 24.6 Å².